The van der Waals surface area contributed by atoms with Crippen molar-refractivity contribution in [3.8, 4) is 11.5 Å². The quantitative estimate of drug-likeness (QED) is 0.441. The van der Waals surface area contributed by atoms with Gasteiger partial charge < -0.3 is 14.5 Å². The number of hydrogen-bond acceptors (Lipinski definition) is 2. The Morgan fingerprint density at radius 2 is 1.79 bits per heavy atom. The minimum Gasteiger partial charge on any atom is -0.497 e. The predicted molar refractivity (Wildman–Crippen MR) is 113 cm³/mol. The van der Waals surface area contributed by atoms with E-state index in [0.717, 1.165) is 33.9 Å². The number of methoxy groups -OCH3 is 1. The van der Waals surface area contributed by atoms with E-state index in [1.165, 1.54) is 10.9 Å². The van der Waals surface area contributed by atoms with Gasteiger partial charge in [0.05, 0.1) is 7.11 Å². The van der Waals surface area contributed by atoms with Gasteiger partial charge >= 0.3 is 0 Å². The van der Waals surface area contributed by atoms with E-state index in [9.17, 15) is 0 Å². The summed E-state index contributed by atoms with van der Waals surface area (Å²) < 4.78 is 11.5. The summed E-state index contributed by atoms with van der Waals surface area (Å²) >= 11 is 6.31. The molecule has 0 spiro atoms. The van der Waals surface area contributed by atoms with Gasteiger partial charge in [-0.15, -0.1) is 0 Å². The molecule has 5 rings (SSSR count). The summed E-state index contributed by atoms with van der Waals surface area (Å²) in [6, 6.07) is 22.0. The highest BCUT2D eigenvalue weighted by Crippen LogP contribution is 2.43. The van der Waals surface area contributed by atoms with Gasteiger partial charge in [0, 0.05) is 39.2 Å². The lowest BCUT2D eigenvalue weighted by Crippen LogP contribution is -2.10. The van der Waals surface area contributed by atoms with Crippen molar-refractivity contribution >= 4 is 28.3 Å². The normalized spacial score (nSPS) is 15.6. The molecule has 1 unspecified atom stereocenters. The second-order valence-electron chi connectivity index (χ2n) is 6.81. The number of rotatable bonds is 3. The maximum atomic E-state index is 6.31. The third-order valence-corrected chi connectivity index (χ3v) is 5.41. The van der Waals surface area contributed by atoms with Crippen LogP contribution in [0.25, 0.3) is 16.7 Å². The van der Waals surface area contributed by atoms with Crippen LogP contribution in [0.1, 0.15) is 22.6 Å². The van der Waals surface area contributed by atoms with Crippen LogP contribution in [-0.4, -0.2) is 12.1 Å². The summed E-state index contributed by atoms with van der Waals surface area (Å²) in [7, 11) is 1.67. The molecule has 4 heteroatoms. The van der Waals surface area contributed by atoms with Crippen molar-refractivity contribution in [3.63, 3.8) is 0 Å². The van der Waals surface area contributed by atoms with Gasteiger partial charge in [-0.05, 0) is 60.2 Å². The minimum absolute atomic E-state index is 0.0377. The molecule has 0 aliphatic carbocycles. The number of benzene rings is 3. The fourth-order valence-corrected chi connectivity index (χ4v) is 3.95. The average molecular weight is 388 g/mol. The molecule has 1 aliphatic rings. The summed E-state index contributed by atoms with van der Waals surface area (Å²) in [5.41, 5.74) is 4.39. The molecule has 138 valence electrons. The predicted octanol–water partition coefficient (Wildman–Crippen LogP) is 6.40. The lowest BCUT2D eigenvalue weighted by molar-refractivity contribution is 0.414. The van der Waals surface area contributed by atoms with Crippen molar-refractivity contribution in [1.82, 2.24) is 4.98 Å². The largest absolute Gasteiger partial charge is 0.497 e. The van der Waals surface area contributed by atoms with E-state index in [2.05, 4.69) is 35.5 Å². The molecule has 1 aromatic heterocycles. The number of para-hydroxylation sites is 1. The maximum Gasteiger partial charge on any atom is 0.131 e. The Balaban J connectivity index is 1.67. The highest BCUT2D eigenvalue weighted by atomic mass is 35.5. The van der Waals surface area contributed by atoms with Gasteiger partial charge in [0.25, 0.3) is 0 Å². The number of ether oxygens (including phenoxy) is 2. The number of halogens is 1. The Labute approximate surface area is 168 Å². The Morgan fingerprint density at radius 3 is 2.61 bits per heavy atom. The first-order valence-corrected chi connectivity index (χ1v) is 9.50. The Bertz CT molecular complexity index is 1190. The Morgan fingerprint density at radius 1 is 0.964 bits per heavy atom. The molecule has 1 N–H and O–H groups in total. The summed E-state index contributed by atoms with van der Waals surface area (Å²) in [6.45, 7) is 0. The molecule has 1 aliphatic heterocycles. The number of aromatic nitrogens is 1. The third-order valence-electron chi connectivity index (χ3n) is 5.18. The summed E-state index contributed by atoms with van der Waals surface area (Å²) in [5, 5.41) is 1.90. The topological polar surface area (TPSA) is 34.2 Å². The van der Waals surface area contributed by atoms with Gasteiger partial charge in [-0.1, -0.05) is 29.8 Å². The van der Waals surface area contributed by atoms with Crippen molar-refractivity contribution in [2.75, 3.05) is 7.11 Å². The van der Waals surface area contributed by atoms with E-state index in [0.29, 0.717) is 5.02 Å². The van der Waals surface area contributed by atoms with Gasteiger partial charge in [0.2, 0.25) is 0 Å². The minimum atomic E-state index is 0.0377. The van der Waals surface area contributed by atoms with E-state index in [1.807, 2.05) is 48.5 Å². The van der Waals surface area contributed by atoms with E-state index in [4.69, 9.17) is 21.1 Å². The lowest BCUT2D eigenvalue weighted by atomic mass is 9.87. The molecule has 0 amide bonds. The summed E-state index contributed by atoms with van der Waals surface area (Å²) in [4.78, 5) is 3.38. The van der Waals surface area contributed by atoms with Crippen LogP contribution in [0, 0.1) is 0 Å². The zero-order valence-electron chi connectivity index (χ0n) is 15.3. The third kappa shape index (κ3) is 2.85. The molecular formula is C24H18ClNO2. The van der Waals surface area contributed by atoms with Crippen molar-refractivity contribution in [3.05, 3.63) is 101 Å². The van der Waals surface area contributed by atoms with Crippen LogP contribution < -0.4 is 9.47 Å². The highest BCUT2D eigenvalue weighted by molar-refractivity contribution is 6.30. The monoisotopic (exact) mass is 387 g/mol. The van der Waals surface area contributed by atoms with E-state index in [1.54, 1.807) is 7.11 Å². The van der Waals surface area contributed by atoms with Gasteiger partial charge in [-0.25, -0.2) is 0 Å². The van der Waals surface area contributed by atoms with Crippen LogP contribution in [0.5, 0.6) is 11.5 Å². The first-order valence-electron chi connectivity index (χ1n) is 9.12. The molecule has 0 radical (unpaired) electrons. The van der Waals surface area contributed by atoms with E-state index >= 15 is 0 Å². The van der Waals surface area contributed by atoms with Crippen LogP contribution in [0.3, 0.4) is 0 Å². The molecule has 0 saturated heterocycles. The highest BCUT2D eigenvalue weighted by Gasteiger charge is 2.26. The SMILES string of the molecule is COc1ccc(C2=CC(c3c[nH]c4ccccc34)c3cc(Cl)ccc3O2)cc1. The molecule has 0 saturated carbocycles. The molecular weight excluding hydrogens is 370 g/mol. The molecule has 1 atom stereocenters. The zero-order valence-corrected chi connectivity index (χ0v) is 16.0. The first-order chi connectivity index (χ1) is 13.7. The van der Waals surface area contributed by atoms with Crippen LogP contribution in [0.2, 0.25) is 5.02 Å². The average Bonchev–Trinajstić information content (AvgIpc) is 3.17. The second kappa shape index (κ2) is 6.77. The fraction of sp³-hybridized carbons (Fsp3) is 0.0833. The number of H-pyrrole nitrogens is 1. The number of fused-ring (bicyclic) bond motifs is 2. The standard InChI is InChI=1S/C24H18ClNO2/c1-27-17-9-6-15(7-10-17)24-13-19(20-12-16(25)8-11-23(20)28-24)21-14-26-22-5-3-2-4-18(21)22/h2-14,19,26H,1H3. The van der Waals surface area contributed by atoms with Gasteiger partial charge in [0.1, 0.15) is 17.3 Å². The number of aromatic amines is 1. The van der Waals surface area contributed by atoms with E-state index in [-0.39, 0.29) is 5.92 Å². The van der Waals surface area contributed by atoms with Crippen LogP contribution in [0.15, 0.2) is 79.0 Å². The number of nitrogens with one attached hydrogen (secondary N) is 1. The zero-order chi connectivity index (χ0) is 19.1. The summed E-state index contributed by atoms with van der Waals surface area (Å²) in [6.07, 6.45) is 4.24. The maximum absolute atomic E-state index is 6.31. The van der Waals surface area contributed by atoms with Gasteiger partial charge in [0.15, 0.2) is 0 Å². The number of hydrogen-bond donors (Lipinski definition) is 1. The second-order valence-corrected chi connectivity index (χ2v) is 7.25. The smallest absolute Gasteiger partial charge is 0.131 e. The molecule has 3 aromatic carbocycles. The van der Waals surface area contributed by atoms with Crippen LogP contribution in [0.4, 0.5) is 0 Å². The molecule has 4 aromatic rings. The van der Waals surface area contributed by atoms with Gasteiger partial charge in [-0.3, -0.25) is 0 Å². The molecule has 2 heterocycles. The first kappa shape index (κ1) is 17.0. The molecule has 28 heavy (non-hydrogen) atoms. The van der Waals surface area contributed by atoms with Crippen molar-refractivity contribution in [2.45, 2.75) is 5.92 Å². The molecule has 0 bridgehead atoms. The Kier molecular flexibility index (Phi) is 4.10. The van der Waals surface area contributed by atoms with Crippen LogP contribution >= 0.6 is 11.6 Å². The van der Waals surface area contributed by atoms with Crippen LogP contribution in [-0.2, 0) is 0 Å². The van der Waals surface area contributed by atoms with Crippen molar-refractivity contribution < 1.29 is 9.47 Å². The van der Waals surface area contributed by atoms with E-state index < -0.39 is 0 Å². The number of allylic oxidation sites excluding steroid dienone is 1. The van der Waals surface area contributed by atoms with Crippen molar-refractivity contribution in [2.24, 2.45) is 0 Å². The molecule has 3 nitrogen and oxygen atoms in total. The molecule has 0 fully saturated rings. The fourth-order valence-electron chi connectivity index (χ4n) is 3.77. The Hall–Kier alpha value is -3.17. The lowest BCUT2D eigenvalue weighted by Gasteiger charge is -2.25. The van der Waals surface area contributed by atoms with Crippen molar-refractivity contribution in [1.29, 1.82) is 0 Å². The summed E-state index contributed by atoms with van der Waals surface area (Å²) in [5.74, 6) is 2.51. The van der Waals surface area contributed by atoms with Gasteiger partial charge in [-0.2, -0.15) is 0 Å².